The molecule has 0 N–H and O–H groups in total. The highest BCUT2D eigenvalue weighted by Gasteiger charge is 2.41. The summed E-state index contributed by atoms with van der Waals surface area (Å²) in [4.78, 5) is 0. The van der Waals surface area contributed by atoms with Crippen molar-refractivity contribution in [3.8, 4) is 33.4 Å². The minimum atomic E-state index is -0.0294. The van der Waals surface area contributed by atoms with Gasteiger partial charge in [-0.25, -0.2) is 0 Å². The molecule has 0 aliphatic heterocycles. The summed E-state index contributed by atoms with van der Waals surface area (Å²) in [6.45, 7) is 18.7. The summed E-state index contributed by atoms with van der Waals surface area (Å²) >= 11 is 0. The molecule has 4 aromatic rings. The molecule has 2 aliphatic carbocycles. The quantitative estimate of drug-likeness (QED) is 0.279. The Balaban J connectivity index is 1.48. The Bertz CT molecular complexity index is 1510. The second kappa shape index (κ2) is 7.69. The Morgan fingerprint density at radius 1 is 0.417 bits per heavy atom. The molecule has 6 rings (SSSR count). The third-order valence-corrected chi connectivity index (χ3v) is 9.07. The maximum Gasteiger partial charge on any atom is 0.0159 e. The van der Waals surface area contributed by atoms with Gasteiger partial charge >= 0.3 is 0 Å². The van der Waals surface area contributed by atoms with E-state index in [1.54, 1.807) is 0 Å². The van der Waals surface area contributed by atoms with Gasteiger partial charge in [0.05, 0.1) is 0 Å². The minimum absolute atomic E-state index is 0.00952. The van der Waals surface area contributed by atoms with E-state index in [0.717, 1.165) is 0 Å². The molecule has 2 aliphatic rings. The Morgan fingerprint density at radius 3 is 1.36 bits per heavy atom. The molecule has 0 fully saturated rings. The zero-order chi connectivity index (χ0) is 25.6. The average molecular weight is 471 g/mol. The van der Waals surface area contributed by atoms with E-state index in [1.807, 2.05) is 0 Å². The summed E-state index contributed by atoms with van der Waals surface area (Å²) in [5, 5.41) is 0. The number of benzene rings is 4. The second-order valence-corrected chi connectivity index (χ2v) is 12.7. The first-order chi connectivity index (χ1) is 17.0. The van der Waals surface area contributed by atoms with Crippen molar-refractivity contribution < 1.29 is 0 Å². The van der Waals surface area contributed by atoms with E-state index < -0.39 is 0 Å². The molecule has 0 saturated carbocycles. The van der Waals surface area contributed by atoms with Crippen LogP contribution in [0.5, 0.6) is 0 Å². The van der Waals surface area contributed by atoms with Crippen LogP contribution in [0.15, 0.2) is 72.8 Å². The van der Waals surface area contributed by atoms with Crippen LogP contribution in [0.25, 0.3) is 33.4 Å². The second-order valence-electron chi connectivity index (χ2n) is 12.7. The van der Waals surface area contributed by atoms with Crippen LogP contribution in [0.2, 0.25) is 0 Å². The van der Waals surface area contributed by atoms with Gasteiger partial charge in [0.15, 0.2) is 0 Å². The lowest BCUT2D eigenvalue weighted by Gasteiger charge is -2.24. The molecule has 36 heavy (non-hydrogen) atoms. The normalized spacial score (nSPS) is 16.2. The highest BCUT2D eigenvalue weighted by atomic mass is 14.4. The lowest BCUT2D eigenvalue weighted by Crippen LogP contribution is -2.17. The summed E-state index contributed by atoms with van der Waals surface area (Å²) < 4.78 is 0. The Morgan fingerprint density at radius 2 is 0.833 bits per heavy atom. The van der Waals surface area contributed by atoms with E-state index in [4.69, 9.17) is 0 Å². The van der Waals surface area contributed by atoms with Gasteiger partial charge in [0, 0.05) is 10.8 Å². The first kappa shape index (κ1) is 23.3. The molecule has 0 aromatic heterocycles. The summed E-state index contributed by atoms with van der Waals surface area (Å²) in [7, 11) is 0. The third kappa shape index (κ3) is 3.20. The van der Waals surface area contributed by atoms with Gasteiger partial charge in [-0.05, 0) is 96.8 Å². The summed E-state index contributed by atoms with van der Waals surface area (Å²) in [6.07, 6.45) is 0. The van der Waals surface area contributed by atoms with E-state index in [1.165, 1.54) is 66.8 Å². The van der Waals surface area contributed by atoms with Crippen LogP contribution < -0.4 is 0 Å². The molecule has 0 saturated heterocycles. The van der Waals surface area contributed by atoms with Gasteiger partial charge in [0.25, 0.3) is 0 Å². The zero-order valence-electron chi connectivity index (χ0n) is 23.1. The van der Waals surface area contributed by atoms with E-state index in [2.05, 4.69) is 128 Å². The summed E-state index contributed by atoms with van der Waals surface area (Å²) in [6, 6.07) is 28.5. The lowest BCUT2D eigenvalue weighted by molar-refractivity contribution is 0.651. The van der Waals surface area contributed by atoms with E-state index >= 15 is 0 Å². The summed E-state index contributed by atoms with van der Waals surface area (Å²) in [5.41, 5.74) is 16.9. The fraction of sp³-hybridized carbons (Fsp3) is 0.333. The Hall–Kier alpha value is -3.12. The number of rotatable bonds is 3. The monoisotopic (exact) mass is 470 g/mol. The number of fused-ring (bicyclic) bond motifs is 6. The van der Waals surface area contributed by atoms with Crippen molar-refractivity contribution >= 4 is 0 Å². The standard InChI is InChI=1S/C36H38/c1-21(2)23-9-11-24(12-10-23)26-14-16-28-30-20-33-29(19-34(30)36(7,8)32(28)18-26)27-15-13-25(22(3)4)17-31(27)35(33,5)6/h9-22H,1-8H3. The molecular weight excluding hydrogens is 432 g/mol. The van der Waals surface area contributed by atoms with Crippen LogP contribution >= 0.6 is 0 Å². The first-order valence-electron chi connectivity index (χ1n) is 13.6. The summed E-state index contributed by atoms with van der Waals surface area (Å²) in [5.74, 6) is 1.10. The highest BCUT2D eigenvalue weighted by Crippen LogP contribution is 2.56. The van der Waals surface area contributed by atoms with Crippen LogP contribution in [0.3, 0.4) is 0 Å². The minimum Gasteiger partial charge on any atom is -0.0587 e. The van der Waals surface area contributed by atoms with Crippen LogP contribution in [-0.4, -0.2) is 0 Å². The van der Waals surface area contributed by atoms with Gasteiger partial charge in [-0.3, -0.25) is 0 Å². The largest absolute Gasteiger partial charge is 0.0587 e. The van der Waals surface area contributed by atoms with Crippen molar-refractivity contribution in [1.82, 2.24) is 0 Å². The topological polar surface area (TPSA) is 0 Å². The van der Waals surface area contributed by atoms with E-state index in [9.17, 15) is 0 Å². The molecule has 0 atom stereocenters. The maximum atomic E-state index is 2.52. The highest BCUT2D eigenvalue weighted by molar-refractivity contribution is 5.90. The molecule has 182 valence electrons. The van der Waals surface area contributed by atoms with Gasteiger partial charge in [-0.15, -0.1) is 0 Å². The molecule has 0 heterocycles. The van der Waals surface area contributed by atoms with Crippen LogP contribution in [0.1, 0.15) is 101 Å². The van der Waals surface area contributed by atoms with Crippen LogP contribution in [0.4, 0.5) is 0 Å². The Kier molecular flexibility index (Phi) is 4.97. The van der Waals surface area contributed by atoms with E-state index in [0.29, 0.717) is 11.8 Å². The third-order valence-electron chi connectivity index (χ3n) is 9.07. The molecule has 0 amide bonds. The van der Waals surface area contributed by atoms with Crippen LogP contribution in [0, 0.1) is 0 Å². The molecule has 0 unspecified atom stereocenters. The average Bonchev–Trinajstić information content (AvgIpc) is 3.22. The fourth-order valence-corrected chi connectivity index (χ4v) is 6.58. The smallest absolute Gasteiger partial charge is 0.0159 e. The SMILES string of the molecule is CC(C)c1ccc(-c2ccc3c(c2)C(C)(C)c2cc4c(cc2-3)C(C)(C)c2cc(C(C)C)ccc2-4)cc1. The van der Waals surface area contributed by atoms with Crippen molar-refractivity contribution in [3.63, 3.8) is 0 Å². The lowest BCUT2D eigenvalue weighted by atomic mass is 9.79. The van der Waals surface area contributed by atoms with Crippen molar-refractivity contribution in [2.75, 3.05) is 0 Å². The van der Waals surface area contributed by atoms with Gasteiger partial charge in [0.1, 0.15) is 0 Å². The molecule has 0 heteroatoms. The Labute approximate surface area is 217 Å². The van der Waals surface area contributed by atoms with Gasteiger partial charge in [0.2, 0.25) is 0 Å². The predicted molar refractivity (Wildman–Crippen MR) is 155 cm³/mol. The van der Waals surface area contributed by atoms with E-state index in [-0.39, 0.29) is 10.8 Å². The van der Waals surface area contributed by atoms with Gasteiger partial charge in [-0.1, -0.05) is 110 Å². The molecule has 0 radical (unpaired) electrons. The van der Waals surface area contributed by atoms with Crippen molar-refractivity contribution in [1.29, 1.82) is 0 Å². The first-order valence-corrected chi connectivity index (χ1v) is 13.6. The molecule has 4 aromatic carbocycles. The maximum absolute atomic E-state index is 2.52. The zero-order valence-corrected chi connectivity index (χ0v) is 23.1. The van der Waals surface area contributed by atoms with Crippen molar-refractivity contribution in [2.24, 2.45) is 0 Å². The fourth-order valence-electron chi connectivity index (χ4n) is 6.58. The molecule has 0 nitrogen and oxygen atoms in total. The molecule has 0 spiro atoms. The molecule has 0 bridgehead atoms. The number of hydrogen-bond acceptors (Lipinski definition) is 0. The van der Waals surface area contributed by atoms with Gasteiger partial charge < -0.3 is 0 Å². The predicted octanol–water partition coefficient (Wildman–Crippen LogP) is 10.2. The van der Waals surface area contributed by atoms with Crippen molar-refractivity contribution in [3.05, 3.63) is 106 Å². The molecular formula is C36H38. The number of hydrogen-bond donors (Lipinski definition) is 0. The van der Waals surface area contributed by atoms with Crippen molar-refractivity contribution in [2.45, 2.75) is 78.1 Å². The van der Waals surface area contributed by atoms with Crippen LogP contribution in [-0.2, 0) is 10.8 Å². The van der Waals surface area contributed by atoms with Gasteiger partial charge in [-0.2, -0.15) is 0 Å².